The Morgan fingerprint density at radius 1 is 1.28 bits per heavy atom. The van der Waals surface area contributed by atoms with Crippen LogP contribution in [0.25, 0.3) is 0 Å². The van der Waals surface area contributed by atoms with Crippen molar-refractivity contribution < 1.29 is 9.59 Å². The molecule has 1 aromatic heterocycles. The molecular formula is C11H11N5O2. The number of carbonyl (C=O) groups excluding carboxylic acids is 2. The van der Waals surface area contributed by atoms with E-state index in [9.17, 15) is 9.59 Å². The Morgan fingerprint density at radius 3 is 2.56 bits per heavy atom. The highest BCUT2D eigenvalue weighted by atomic mass is 16.1. The van der Waals surface area contributed by atoms with Gasteiger partial charge in [0, 0.05) is 11.3 Å². The molecule has 7 nitrogen and oxygen atoms in total. The Labute approximate surface area is 103 Å². The van der Waals surface area contributed by atoms with Gasteiger partial charge in [-0.05, 0) is 31.2 Å². The van der Waals surface area contributed by atoms with Crippen LogP contribution >= 0.6 is 0 Å². The van der Waals surface area contributed by atoms with Crippen LogP contribution in [0.1, 0.15) is 23.1 Å². The van der Waals surface area contributed by atoms with Crippen molar-refractivity contribution >= 4 is 17.4 Å². The first-order valence-electron chi connectivity index (χ1n) is 5.28. The van der Waals surface area contributed by atoms with Gasteiger partial charge in [-0.3, -0.25) is 9.59 Å². The molecule has 92 valence electrons. The summed E-state index contributed by atoms with van der Waals surface area (Å²) < 4.78 is 0. The number of amides is 1. The van der Waals surface area contributed by atoms with Gasteiger partial charge in [-0.2, -0.15) is 5.21 Å². The van der Waals surface area contributed by atoms with Crippen LogP contribution in [0.2, 0.25) is 0 Å². The number of benzene rings is 1. The largest absolute Gasteiger partial charge is 0.326 e. The second-order valence-corrected chi connectivity index (χ2v) is 3.69. The van der Waals surface area contributed by atoms with Crippen LogP contribution in [0.5, 0.6) is 0 Å². The molecular weight excluding hydrogens is 234 g/mol. The van der Waals surface area contributed by atoms with Crippen molar-refractivity contribution in [2.45, 2.75) is 13.3 Å². The Hall–Kier alpha value is -2.57. The average molecular weight is 245 g/mol. The maximum atomic E-state index is 11.6. The van der Waals surface area contributed by atoms with E-state index >= 15 is 0 Å². The topological polar surface area (TPSA) is 101 Å². The summed E-state index contributed by atoms with van der Waals surface area (Å²) in [7, 11) is 0. The standard InChI is InChI=1S/C11H11N5O2/c1-7(17)8-2-4-9(5-3-8)12-11(18)6-10-13-15-16-14-10/h2-5H,6H2,1H3,(H,12,18)(H,13,14,15,16). The Bertz CT molecular complexity index is 547. The van der Waals surface area contributed by atoms with Crippen LogP contribution in [0.15, 0.2) is 24.3 Å². The molecule has 2 rings (SSSR count). The summed E-state index contributed by atoms with van der Waals surface area (Å²) in [6, 6.07) is 6.66. The number of anilines is 1. The molecule has 0 saturated heterocycles. The van der Waals surface area contributed by atoms with E-state index in [-0.39, 0.29) is 18.1 Å². The fraction of sp³-hybridized carbons (Fsp3) is 0.182. The van der Waals surface area contributed by atoms with Crippen molar-refractivity contribution in [3.05, 3.63) is 35.7 Å². The van der Waals surface area contributed by atoms with Crippen LogP contribution in [0, 0.1) is 0 Å². The smallest absolute Gasteiger partial charge is 0.232 e. The maximum absolute atomic E-state index is 11.6. The monoisotopic (exact) mass is 245 g/mol. The predicted molar refractivity (Wildman–Crippen MR) is 63.0 cm³/mol. The van der Waals surface area contributed by atoms with E-state index in [2.05, 4.69) is 25.9 Å². The summed E-state index contributed by atoms with van der Waals surface area (Å²) in [5.74, 6) is 0.0690. The molecule has 1 heterocycles. The number of hydrogen-bond donors (Lipinski definition) is 2. The summed E-state index contributed by atoms with van der Waals surface area (Å²) in [6.07, 6.45) is 0.0466. The molecule has 1 amide bonds. The van der Waals surface area contributed by atoms with Crippen molar-refractivity contribution in [3.63, 3.8) is 0 Å². The zero-order valence-electron chi connectivity index (χ0n) is 9.67. The highest BCUT2D eigenvalue weighted by molar-refractivity contribution is 5.95. The van der Waals surface area contributed by atoms with Gasteiger partial charge in [-0.1, -0.05) is 5.21 Å². The number of nitrogens with one attached hydrogen (secondary N) is 2. The number of hydrogen-bond acceptors (Lipinski definition) is 5. The minimum Gasteiger partial charge on any atom is -0.326 e. The summed E-state index contributed by atoms with van der Waals surface area (Å²) >= 11 is 0. The van der Waals surface area contributed by atoms with Crippen LogP contribution in [0.4, 0.5) is 5.69 Å². The number of rotatable bonds is 4. The van der Waals surface area contributed by atoms with Crippen LogP contribution < -0.4 is 5.32 Å². The molecule has 0 atom stereocenters. The van der Waals surface area contributed by atoms with Crippen molar-refractivity contribution in [2.75, 3.05) is 5.32 Å². The summed E-state index contributed by atoms with van der Waals surface area (Å²) in [4.78, 5) is 22.7. The van der Waals surface area contributed by atoms with Crippen molar-refractivity contribution in [1.29, 1.82) is 0 Å². The number of tetrazole rings is 1. The number of H-pyrrole nitrogens is 1. The number of Topliss-reactive ketones (excluding diaryl/α,β-unsaturated/α-hetero) is 1. The van der Waals surface area contributed by atoms with Gasteiger partial charge in [-0.25, -0.2) is 0 Å². The molecule has 0 saturated carbocycles. The number of aromatic amines is 1. The third-order valence-electron chi connectivity index (χ3n) is 2.28. The van der Waals surface area contributed by atoms with Crippen molar-refractivity contribution in [2.24, 2.45) is 0 Å². The molecule has 18 heavy (non-hydrogen) atoms. The fourth-order valence-electron chi connectivity index (χ4n) is 1.39. The molecule has 0 aliphatic rings. The number of carbonyl (C=O) groups is 2. The van der Waals surface area contributed by atoms with E-state index in [1.807, 2.05) is 0 Å². The molecule has 0 radical (unpaired) electrons. The molecule has 0 fully saturated rings. The van der Waals surface area contributed by atoms with Gasteiger partial charge in [0.1, 0.15) is 0 Å². The molecule has 0 aliphatic carbocycles. The Balaban J connectivity index is 1.97. The fourth-order valence-corrected chi connectivity index (χ4v) is 1.39. The first-order chi connectivity index (χ1) is 8.65. The highest BCUT2D eigenvalue weighted by Gasteiger charge is 2.07. The van der Waals surface area contributed by atoms with E-state index in [0.717, 1.165) is 0 Å². The Morgan fingerprint density at radius 2 is 2.00 bits per heavy atom. The van der Waals surface area contributed by atoms with Crippen LogP contribution in [-0.2, 0) is 11.2 Å². The van der Waals surface area contributed by atoms with Gasteiger partial charge in [0.2, 0.25) is 5.91 Å². The van der Waals surface area contributed by atoms with Gasteiger partial charge in [-0.15, -0.1) is 10.2 Å². The van der Waals surface area contributed by atoms with Gasteiger partial charge >= 0.3 is 0 Å². The lowest BCUT2D eigenvalue weighted by Gasteiger charge is -2.04. The number of aromatic nitrogens is 4. The molecule has 0 aliphatic heterocycles. The third-order valence-corrected chi connectivity index (χ3v) is 2.28. The van der Waals surface area contributed by atoms with Gasteiger partial charge in [0.15, 0.2) is 11.6 Å². The van der Waals surface area contributed by atoms with E-state index in [0.29, 0.717) is 17.1 Å². The average Bonchev–Trinajstić information content (AvgIpc) is 2.82. The summed E-state index contributed by atoms with van der Waals surface area (Å²) in [5, 5.41) is 15.7. The Kier molecular flexibility index (Phi) is 3.42. The van der Waals surface area contributed by atoms with E-state index in [1.54, 1.807) is 24.3 Å². The third kappa shape index (κ3) is 2.97. The molecule has 7 heteroatoms. The molecule has 2 N–H and O–H groups in total. The zero-order chi connectivity index (χ0) is 13.0. The second kappa shape index (κ2) is 5.17. The summed E-state index contributed by atoms with van der Waals surface area (Å²) in [5.41, 5.74) is 1.22. The van der Waals surface area contributed by atoms with Gasteiger partial charge in [0.05, 0.1) is 6.42 Å². The van der Waals surface area contributed by atoms with Gasteiger partial charge in [0.25, 0.3) is 0 Å². The first kappa shape index (κ1) is 11.9. The van der Waals surface area contributed by atoms with Crippen molar-refractivity contribution in [1.82, 2.24) is 20.6 Å². The number of ketones is 1. The van der Waals surface area contributed by atoms with E-state index in [1.165, 1.54) is 6.92 Å². The molecule has 0 unspecified atom stereocenters. The van der Waals surface area contributed by atoms with Crippen LogP contribution in [-0.4, -0.2) is 32.3 Å². The lowest BCUT2D eigenvalue weighted by atomic mass is 10.1. The van der Waals surface area contributed by atoms with Crippen molar-refractivity contribution in [3.8, 4) is 0 Å². The zero-order valence-corrected chi connectivity index (χ0v) is 9.67. The minimum atomic E-state index is -0.244. The van der Waals surface area contributed by atoms with E-state index < -0.39 is 0 Å². The van der Waals surface area contributed by atoms with Crippen LogP contribution in [0.3, 0.4) is 0 Å². The summed E-state index contributed by atoms with van der Waals surface area (Å²) in [6.45, 7) is 1.49. The molecule has 0 spiro atoms. The van der Waals surface area contributed by atoms with E-state index in [4.69, 9.17) is 0 Å². The first-order valence-corrected chi connectivity index (χ1v) is 5.28. The van der Waals surface area contributed by atoms with Gasteiger partial charge < -0.3 is 5.32 Å². The molecule has 2 aromatic rings. The highest BCUT2D eigenvalue weighted by Crippen LogP contribution is 2.10. The molecule has 0 bridgehead atoms. The molecule has 1 aromatic carbocycles. The lowest BCUT2D eigenvalue weighted by molar-refractivity contribution is -0.115. The quantitative estimate of drug-likeness (QED) is 0.767. The SMILES string of the molecule is CC(=O)c1ccc(NC(=O)Cc2nn[nH]n2)cc1. The predicted octanol–water partition coefficient (Wildman–Crippen LogP) is 0.583. The minimum absolute atomic E-state index is 0.0142. The maximum Gasteiger partial charge on any atom is 0.232 e. The number of nitrogens with zero attached hydrogens (tertiary/aromatic N) is 3. The lowest BCUT2D eigenvalue weighted by Crippen LogP contribution is -2.15. The second-order valence-electron chi connectivity index (χ2n) is 3.69. The normalized spacial score (nSPS) is 10.1.